The molecule has 1 N–H and O–H groups in total. The predicted molar refractivity (Wildman–Crippen MR) is 65.2 cm³/mol. The molecular formula is C13H15F4N. The number of rotatable bonds is 6. The number of nitrogens with one attached hydrogen (secondary N) is 1. The van der Waals surface area contributed by atoms with Crippen molar-refractivity contribution in [2.45, 2.75) is 25.2 Å². The number of alkyl halides is 4. The van der Waals surface area contributed by atoms with Crippen molar-refractivity contribution in [3.8, 4) is 0 Å². The quantitative estimate of drug-likeness (QED) is 0.747. The Hall–Kier alpha value is -1.52. The summed E-state index contributed by atoms with van der Waals surface area (Å²) in [6.07, 6.45) is 0.160. The maximum atomic E-state index is 13.2. The van der Waals surface area contributed by atoms with Gasteiger partial charge >= 0.3 is 0 Å². The molecule has 0 aliphatic rings. The highest BCUT2D eigenvalue weighted by Gasteiger charge is 2.39. The first-order valence-electron chi connectivity index (χ1n) is 5.44. The summed E-state index contributed by atoms with van der Waals surface area (Å²) in [5.41, 5.74) is 1.31. The molecule has 0 saturated carbocycles. The fourth-order valence-electron chi connectivity index (χ4n) is 1.49. The van der Waals surface area contributed by atoms with Gasteiger partial charge in [-0.25, -0.2) is 17.6 Å². The summed E-state index contributed by atoms with van der Waals surface area (Å²) in [5, 5.41) is 2.44. The van der Waals surface area contributed by atoms with Gasteiger partial charge in [-0.1, -0.05) is 24.8 Å². The molecule has 0 fully saturated rings. The Labute approximate surface area is 104 Å². The molecule has 1 aromatic carbocycles. The third-order valence-electron chi connectivity index (χ3n) is 2.27. The summed E-state index contributed by atoms with van der Waals surface area (Å²) in [7, 11) is 0. The maximum Gasteiger partial charge on any atom is 0.270 e. The van der Waals surface area contributed by atoms with Gasteiger partial charge in [0, 0.05) is 5.69 Å². The normalized spacial score (nSPS) is 12.3. The molecule has 0 bridgehead atoms. The summed E-state index contributed by atoms with van der Waals surface area (Å²) in [6, 6.07) is 6.58. The van der Waals surface area contributed by atoms with Gasteiger partial charge in [-0.2, -0.15) is 0 Å². The van der Waals surface area contributed by atoms with Crippen LogP contribution in [0.15, 0.2) is 30.8 Å². The Bertz CT molecular complexity index is 392. The monoisotopic (exact) mass is 261 g/mol. The van der Waals surface area contributed by atoms with Crippen molar-refractivity contribution in [1.29, 1.82) is 0 Å². The lowest BCUT2D eigenvalue weighted by atomic mass is 10.1. The van der Waals surface area contributed by atoms with E-state index in [2.05, 4.69) is 11.9 Å². The number of anilines is 1. The molecule has 1 rings (SSSR count). The lowest BCUT2D eigenvalue weighted by molar-refractivity contribution is -0.0924. The fraction of sp³-hybridized carbons (Fsp3) is 0.385. The van der Waals surface area contributed by atoms with Crippen molar-refractivity contribution < 1.29 is 17.6 Å². The van der Waals surface area contributed by atoms with Crippen LogP contribution < -0.4 is 5.32 Å². The van der Waals surface area contributed by atoms with E-state index >= 15 is 0 Å². The first kappa shape index (κ1) is 14.5. The van der Waals surface area contributed by atoms with E-state index in [-0.39, 0.29) is 0 Å². The average Bonchev–Trinajstić information content (AvgIpc) is 2.24. The number of benzene rings is 1. The summed E-state index contributed by atoms with van der Waals surface area (Å²) in [4.78, 5) is 0. The van der Waals surface area contributed by atoms with E-state index in [0.717, 1.165) is 5.56 Å². The number of halogens is 4. The molecule has 0 aliphatic carbocycles. The van der Waals surface area contributed by atoms with Crippen LogP contribution >= 0.6 is 0 Å². The van der Waals surface area contributed by atoms with E-state index in [1.807, 2.05) is 0 Å². The average molecular weight is 261 g/mol. The van der Waals surface area contributed by atoms with Gasteiger partial charge in [0.1, 0.15) is 0 Å². The fourth-order valence-corrected chi connectivity index (χ4v) is 1.49. The first-order valence-corrected chi connectivity index (χ1v) is 5.44. The van der Waals surface area contributed by atoms with Crippen LogP contribution in [0.25, 0.3) is 6.08 Å². The largest absolute Gasteiger partial charge is 0.379 e. The molecule has 0 saturated heterocycles. The van der Waals surface area contributed by atoms with Gasteiger partial charge < -0.3 is 5.32 Å². The second-order valence-corrected chi connectivity index (χ2v) is 4.28. The molecule has 1 nitrogen and oxygen atoms in total. The zero-order valence-electron chi connectivity index (χ0n) is 10.0. The lowest BCUT2D eigenvalue weighted by Crippen LogP contribution is -2.33. The van der Waals surface area contributed by atoms with Crippen LogP contribution in [0.4, 0.5) is 23.2 Å². The molecule has 0 unspecified atom stereocenters. The molecule has 0 amide bonds. The third-order valence-corrected chi connectivity index (χ3v) is 2.27. The van der Waals surface area contributed by atoms with Crippen LogP contribution in [0.2, 0.25) is 0 Å². The van der Waals surface area contributed by atoms with Gasteiger partial charge in [-0.05, 0) is 24.6 Å². The SMILES string of the molecule is C=Cc1ccc(NCC(F)(F)CC(C)(F)F)cc1. The van der Waals surface area contributed by atoms with Crippen molar-refractivity contribution in [2.24, 2.45) is 0 Å². The molecule has 100 valence electrons. The van der Waals surface area contributed by atoms with Crippen molar-refractivity contribution in [2.75, 3.05) is 11.9 Å². The van der Waals surface area contributed by atoms with Crippen LogP contribution in [0.3, 0.4) is 0 Å². The summed E-state index contributed by atoms with van der Waals surface area (Å²) in [6.45, 7) is 3.23. The smallest absolute Gasteiger partial charge is 0.270 e. The van der Waals surface area contributed by atoms with E-state index in [1.165, 1.54) is 0 Å². The molecule has 0 aromatic heterocycles. The van der Waals surface area contributed by atoms with Crippen LogP contribution in [0.1, 0.15) is 18.9 Å². The molecule has 0 radical (unpaired) electrons. The third kappa shape index (κ3) is 5.21. The van der Waals surface area contributed by atoms with E-state index in [9.17, 15) is 17.6 Å². The maximum absolute atomic E-state index is 13.2. The highest BCUT2D eigenvalue weighted by molar-refractivity contribution is 5.53. The van der Waals surface area contributed by atoms with Gasteiger partial charge in [0.15, 0.2) is 0 Å². The van der Waals surface area contributed by atoms with Crippen molar-refractivity contribution >= 4 is 11.8 Å². The molecule has 0 heterocycles. The molecular weight excluding hydrogens is 246 g/mol. The predicted octanol–water partition coefficient (Wildman–Crippen LogP) is 4.42. The van der Waals surface area contributed by atoms with Gasteiger partial charge in [0.05, 0.1) is 13.0 Å². The second-order valence-electron chi connectivity index (χ2n) is 4.28. The van der Waals surface area contributed by atoms with E-state index in [1.54, 1.807) is 30.3 Å². The van der Waals surface area contributed by atoms with Crippen LogP contribution in [0.5, 0.6) is 0 Å². The highest BCUT2D eigenvalue weighted by atomic mass is 19.3. The highest BCUT2D eigenvalue weighted by Crippen LogP contribution is 2.30. The topological polar surface area (TPSA) is 12.0 Å². The van der Waals surface area contributed by atoms with E-state index < -0.39 is 24.8 Å². The Morgan fingerprint density at radius 2 is 1.72 bits per heavy atom. The Morgan fingerprint density at radius 3 is 2.17 bits per heavy atom. The first-order chi connectivity index (χ1) is 8.22. The number of hydrogen-bond acceptors (Lipinski definition) is 1. The van der Waals surface area contributed by atoms with Gasteiger partial charge in [0.2, 0.25) is 0 Å². The Kier molecular flexibility index (Phi) is 4.38. The standard InChI is InChI=1S/C13H15F4N/c1-3-10-4-6-11(7-5-10)18-9-13(16,17)8-12(2,14)15/h3-7,18H,1,8-9H2,2H3. The van der Waals surface area contributed by atoms with Crippen LogP contribution in [0, 0.1) is 0 Å². The molecule has 5 heteroatoms. The molecule has 0 spiro atoms. The minimum absolute atomic E-state index is 0.458. The van der Waals surface area contributed by atoms with Gasteiger partial charge in [-0.3, -0.25) is 0 Å². The minimum atomic E-state index is -3.45. The van der Waals surface area contributed by atoms with Crippen molar-refractivity contribution in [1.82, 2.24) is 0 Å². The zero-order valence-corrected chi connectivity index (χ0v) is 10.0. The molecule has 1 aromatic rings. The van der Waals surface area contributed by atoms with Crippen LogP contribution in [-0.2, 0) is 0 Å². The van der Waals surface area contributed by atoms with Crippen molar-refractivity contribution in [3.63, 3.8) is 0 Å². The minimum Gasteiger partial charge on any atom is -0.379 e. The zero-order chi connectivity index (χ0) is 13.8. The van der Waals surface area contributed by atoms with Crippen molar-refractivity contribution in [3.05, 3.63) is 36.4 Å². The summed E-state index contributed by atoms with van der Waals surface area (Å²) < 4.78 is 51.4. The molecule has 0 aliphatic heterocycles. The molecule has 0 atom stereocenters. The molecule has 18 heavy (non-hydrogen) atoms. The summed E-state index contributed by atoms with van der Waals surface area (Å²) >= 11 is 0. The summed E-state index contributed by atoms with van der Waals surface area (Å²) in [5.74, 6) is -6.83. The van der Waals surface area contributed by atoms with Crippen LogP contribution in [-0.4, -0.2) is 18.4 Å². The Balaban J connectivity index is 2.55. The lowest BCUT2D eigenvalue weighted by Gasteiger charge is -2.21. The van der Waals surface area contributed by atoms with E-state index in [0.29, 0.717) is 12.6 Å². The van der Waals surface area contributed by atoms with Gasteiger partial charge in [0.25, 0.3) is 11.8 Å². The van der Waals surface area contributed by atoms with Gasteiger partial charge in [-0.15, -0.1) is 0 Å². The number of hydrogen-bond donors (Lipinski definition) is 1. The second kappa shape index (κ2) is 5.42. The van der Waals surface area contributed by atoms with E-state index in [4.69, 9.17) is 0 Å². The Morgan fingerprint density at radius 1 is 1.17 bits per heavy atom.